The zero-order chi connectivity index (χ0) is 13.8. The summed E-state index contributed by atoms with van der Waals surface area (Å²) in [6.07, 6.45) is 2.37. The molecule has 0 fully saturated rings. The molecule has 1 aromatic heterocycles. The van der Waals surface area contributed by atoms with Crippen LogP contribution in [0.4, 0.5) is 0 Å². The van der Waals surface area contributed by atoms with E-state index in [1.807, 2.05) is 48.9 Å². The first kappa shape index (κ1) is 13.6. The van der Waals surface area contributed by atoms with Crippen LogP contribution in [-0.4, -0.2) is 21.6 Å². The third-order valence-corrected chi connectivity index (χ3v) is 3.07. The Morgan fingerprint density at radius 3 is 2.79 bits per heavy atom. The van der Waals surface area contributed by atoms with E-state index in [1.54, 1.807) is 0 Å². The van der Waals surface area contributed by atoms with Gasteiger partial charge in [0.15, 0.2) is 0 Å². The number of nitrogens with zero attached hydrogens (tertiary/aromatic N) is 1. The maximum absolute atomic E-state index is 11.7. The molecule has 0 saturated carbocycles. The Kier molecular flexibility index (Phi) is 4.22. The van der Waals surface area contributed by atoms with Gasteiger partial charge in [0.05, 0.1) is 6.61 Å². The van der Waals surface area contributed by atoms with E-state index in [2.05, 4.69) is 5.32 Å². The van der Waals surface area contributed by atoms with Crippen LogP contribution in [0.5, 0.6) is 0 Å². The predicted molar refractivity (Wildman–Crippen MR) is 75.8 cm³/mol. The molecule has 1 aromatic carbocycles. The van der Waals surface area contributed by atoms with Gasteiger partial charge in [-0.1, -0.05) is 18.2 Å². The van der Waals surface area contributed by atoms with E-state index in [0.717, 1.165) is 16.5 Å². The second-order valence-corrected chi connectivity index (χ2v) is 5.00. The van der Waals surface area contributed by atoms with E-state index >= 15 is 0 Å². The number of fused-ring (bicyclic) bond motifs is 1. The Labute approximate surface area is 113 Å². The minimum absolute atomic E-state index is 0.0195. The van der Waals surface area contributed by atoms with Crippen LogP contribution in [0.15, 0.2) is 30.5 Å². The van der Waals surface area contributed by atoms with Crippen LogP contribution in [0.3, 0.4) is 0 Å². The Bertz CT molecular complexity index is 573. The lowest BCUT2D eigenvalue weighted by atomic mass is 10.2. The first-order valence-corrected chi connectivity index (χ1v) is 6.58. The van der Waals surface area contributed by atoms with Crippen LogP contribution >= 0.6 is 0 Å². The Morgan fingerprint density at radius 2 is 2.11 bits per heavy atom. The summed E-state index contributed by atoms with van der Waals surface area (Å²) in [5, 5.41) is 13.3. The number of hydrogen-bond acceptors (Lipinski definition) is 2. The number of para-hydroxylation sites is 1. The largest absolute Gasteiger partial charge is 0.392 e. The second kappa shape index (κ2) is 5.89. The number of aromatic nitrogens is 1. The van der Waals surface area contributed by atoms with Crippen LogP contribution in [0.25, 0.3) is 10.9 Å². The van der Waals surface area contributed by atoms with E-state index in [9.17, 15) is 9.90 Å². The smallest absolute Gasteiger partial charge is 0.221 e. The number of nitrogens with one attached hydrogen (secondary N) is 1. The maximum Gasteiger partial charge on any atom is 0.221 e. The van der Waals surface area contributed by atoms with Gasteiger partial charge < -0.3 is 15.0 Å². The molecule has 1 heterocycles. The normalized spacial score (nSPS) is 11.2. The summed E-state index contributed by atoms with van der Waals surface area (Å²) in [5.74, 6) is 0.0540. The molecular weight excluding hydrogens is 240 g/mol. The molecule has 4 nitrogen and oxygen atoms in total. The minimum atomic E-state index is 0.0195. The fourth-order valence-corrected chi connectivity index (χ4v) is 2.25. The van der Waals surface area contributed by atoms with E-state index in [0.29, 0.717) is 13.0 Å². The summed E-state index contributed by atoms with van der Waals surface area (Å²) in [6.45, 7) is 4.55. The third-order valence-electron chi connectivity index (χ3n) is 3.07. The average molecular weight is 260 g/mol. The number of rotatable bonds is 5. The maximum atomic E-state index is 11.7. The third kappa shape index (κ3) is 3.15. The second-order valence-electron chi connectivity index (χ2n) is 5.00. The summed E-state index contributed by atoms with van der Waals surface area (Å²) in [4.78, 5) is 11.7. The molecule has 0 atom stereocenters. The molecule has 0 aliphatic heterocycles. The van der Waals surface area contributed by atoms with E-state index in [4.69, 9.17) is 0 Å². The number of benzene rings is 1. The zero-order valence-electron chi connectivity index (χ0n) is 11.4. The van der Waals surface area contributed by atoms with Crippen molar-refractivity contribution in [2.75, 3.05) is 0 Å². The van der Waals surface area contributed by atoms with Gasteiger partial charge in [0.25, 0.3) is 0 Å². The fraction of sp³-hybridized carbons (Fsp3) is 0.400. The topological polar surface area (TPSA) is 54.3 Å². The number of aliphatic hydroxyl groups excluding tert-OH is 1. The van der Waals surface area contributed by atoms with Crippen LogP contribution in [0.2, 0.25) is 0 Å². The SMILES string of the molecule is CC(C)NC(=O)CCn1cc(CO)c2ccccc21. The predicted octanol–water partition coefficient (Wildman–Crippen LogP) is 2.05. The summed E-state index contributed by atoms with van der Waals surface area (Å²) in [5.41, 5.74) is 1.96. The van der Waals surface area contributed by atoms with Gasteiger partial charge in [-0.05, 0) is 19.9 Å². The summed E-state index contributed by atoms with van der Waals surface area (Å²) in [6, 6.07) is 8.09. The highest BCUT2D eigenvalue weighted by Crippen LogP contribution is 2.21. The van der Waals surface area contributed by atoms with Gasteiger partial charge in [-0.15, -0.1) is 0 Å². The molecule has 0 radical (unpaired) electrons. The van der Waals surface area contributed by atoms with Crippen LogP contribution in [-0.2, 0) is 17.9 Å². The van der Waals surface area contributed by atoms with E-state index < -0.39 is 0 Å². The van der Waals surface area contributed by atoms with Gasteiger partial charge in [-0.25, -0.2) is 0 Å². The molecule has 0 saturated heterocycles. The number of hydrogen-bond donors (Lipinski definition) is 2. The highest BCUT2D eigenvalue weighted by Gasteiger charge is 2.09. The molecule has 2 rings (SSSR count). The molecule has 4 heteroatoms. The lowest BCUT2D eigenvalue weighted by Crippen LogP contribution is -2.30. The van der Waals surface area contributed by atoms with Crippen molar-refractivity contribution in [2.45, 2.75) is 39.5 Å². The van der Waals surface area contributed by atoms with E-state index in [1.165, 1.54) is 0 Å². The quantitative estimate of drug-likeness (QED) is 0.864. The van der Waals surface area contributed by atoms with Gasteiger partial charge in [0, 0.05) is 41.7 Å². The molecule has 0 unspecified atom stereocenters. The Balaban J connectivity index is 2.15. The van der Waals surface area contributed by atoms with E-state index in [-0.39, 0.29) is 18.6 Å². The lowest BCUT2D eigenvalue weighted by molar-refractivity contribution is -0.121. The van der Waals surface area contributed by atoms with Crippen LogP contribution in [0.1, 0.15) is 25.8 Å². The highest BCUT2D eigenvalue weighted by atomic mass is 16.3. The van der Waals surface area contributed by atoms with Gasteiger partial charge in [0.2, 0.25) is 5.91 Å². The zero-order valence-corrected chi connectivity index (χ0v) is 11.4. The van der Waals surface area contributed by atoms with Gasteiger partial charge in [-0.2, -0.15) is 0 Å². The molecule has 0 aliphatic carbocycles. The first-order chi connectivity index (χ1) is 9.11. The summed E-state index contributed by atoms with van der Waals surface area (Å²) >= 11 is 0. The number of carbonyl (C=O) groups is 1. The monoisotopic (exact) mass is 260 g/mol. The van der Waals surface area contributed by atoms with Gasteiger partial charge in [0.1, 0.15) is 0 Å². The van der Waals surface area contributed by atoms with Crippen molar-refractivity contribution in [3.63, 3.8) is 0 Å². The van der Waals surface area contributed by atoms with Crippen molar-refractivity contribution >= 4 is 16.8 Å². The minimum Gasteiger partial charge on any atom is -0.392 e. The lowest BCUT2D eigenvalue weighted by Gasteiger charge is -2.09. The van der Waals surface area contributed by atoms with Crippen molar-refractivity contribution in [3.8, 4) is 0 Å². The number of aliphatic hydroxyl groups is 1. The molecule has 102 valence electrons. The summed E-state index contributed by atoms with van der Waals surface area (Å²) < 4.78 is 2.03. The molecule has 2 N–H and O–H groups in total. The Hall–Kier alpha value is -1.81. The molecule has 19 heavy (non-hydrogen) atoms. The number of carbonyl (C=O) groups excluding carboxylic acids is 1. The molecule has 1 amide bonds. The van der Waals surface area contributed by atoms with Crippen molar-refractivity contribution in [1.29, 1.82) is 0 Å². The molecule has 0 bridgehead atoms. The molecule has 2 aromatic rings. The van der Waals surface area contributed by atoms with Crippen molar-refractivity contribution < 1.29 is 9.90 Å². The van der Waals surface area contributed by atoms with Crippen molar-refractivity contribution in [2.24, 2.45) is 0 Å². The van der Waals surface area contributed by atoms with Crippen LogP contribution in [0, 0.1) is 0 Å². The first-order valence-electron chi connectivity index (χ1n) is 6.58. The number of amides is 1. The number of aryl methyl sites for hydroxylation is 1. The average Bonchev–Trinajstić information content (AvgIpc) is 2.74. The van der Waals surface area contributed by atoms with Crippen molar-refractivity contribution in [1.82, 2.24) is 9.88 Å². The summed E-state index contributed by atoms with van der Waals surface area (Å²) in [7, 11) is 0. The highest BCUT2D eigenvalue weighted by molar-refractivity contribution is 5.84. The molecule has 0 spiro atoms. The van der Waals surface area contributed by atoms with Gasteiger partial charge in [-0.3, -0.25) is 4.79 Å². The molecule has 0 aliphatic rings. The van der Waals surface area contributed by atoms with Gasteiger partial charge >= 0.3 is 0 Å². The van der Waals surface area contributed by atoms with Crippen molar-refractivity contribution in [3.05, 3.63) is 36.0 Å². The van der Waals surface area contributed by atoms with Crippen LogP contribution < -0.4 is 5.32 Å². The fourth-order valence-electron chi connectivity index (χ4n) is 2.25. The standard InChI is InChI=1S/C15H20N2O2/c1-11(2)16-15(19)7-8-17-9-12(10-18)13-5-3-4-6-14(13)17/h3-6,9,11,18H,7-8,10H2,1-2H3,(H,16,19). The Morgan fingerprint density at radius 1 is 1.37 bits per heavy atom. The molecular formula is C15H20N2O2.